The molecule has 4 aromatic rings. The minimum Gasteiger partial charge on any atom is -0.378 e. The van der Waals surface area contributed by atoms with E-state index in [2.05, 4.69) is 58.8 Å². The molecule has 202 valence electrons. The van der Waals surface area contributed by atoms with Gasteiger partial charge in [-0.2, -0.15) is 0 Å². The van der Waals surface area contributed by atoms with Crippen LogP contribution in [0.3, 0.4) is 0 Å². The van der Waals surface area contributed by atoms with Gasteiger partial charge >= 0.3 is 6.03 Å². The fourth-order valence-electron chi connectivity index (χ4n) is 4.98. The molecule has 5 rings (SSSR count). The number of thiazole rings is 1. The molecule has 0 radical (unpaired) electrons. The predicted octanol–water partition coefficient (Wildman–Crippen LogP) is 5.99. The van der Waals surface area contributed by atoms with Crippen LogP contribution in [0.5, 0.6) is 0 Å². The second-order valence-corrected chi connectivity index (χ2v) is 10.7. The first-order chi connectivity index (χ1) is 19.2. The monoisotopic (exact) mass is 542 g/mol. The Balaban J connectivity index is 1.29. The van der Waals surface area contributed by atoms with E-state index in [4.69, 9.17) is 4.74 Å². The molecular formula is C31H34N4O3S. The van der Waals surface area contributed by atoms with E-state index in [1.54, 1.807) is 0 Å². The van der Waals surface area contributed by atoms with Gasteiger partial charge in [0, 0.05) is 38.5 Å². The summed E-state index contributed by atoms with van der Waals surface area (Å²) >= 11 is 1.47. The van der Waals surface area contributed by atoms with Crippen LogP contribution in [-0.4, -0.2) is 66.1 Å². The van der Waals surface area contributed by atoms with Crippen molar-refractivity contribution in [1.82, 2.24) is 14.8 Å². The molecule has 1 fully saturated rings. The number of nitrogens with zero attached hydrogens (tertiary/aromatic N) is 3. The molecule has 1 N–H and O–H groups in total. The van der Waals surface area contributed by atoms with Crippen LogP contribution in [0, 0.1) is 0 Å². The highest BCUT2D eigenvalue weighted by molar-refractivity contribution is 7.22. The molecule has 1 aromatic heterocycles. The summed E-state index contributed by atoms with van der Waals surface area (Å²) in [5, 5.41) is 3.60. The largest absolute Gasteiger partial charge is 0.378 e. The van der Waals surface area contributed by atoms with Gasteiger partial charge in [-0.3, -0.25) is 10.1 Å². The normalized spacial score (nSPS) is 13.5. The molecule has 0 saturated carbocycles. The molecule has 39 heavy (non-hydrogen) atoms. The fourth-order valence-corrected chi connectivity index (χ4v) is 5.84. The average Bonchev–Trinajstić information content (AvgIpc) is 3.40. The van der Waals surface area contributed by atoms with Crippen LogP contribution in [0.15, 0.2) is 84.9 Å². The Bertz CT molecular complexity index is 1280. The Kier molecular flexibility index (Phi) is 9.19. The lowest BCUT2D eigenvalue weighted by atomic mass is 9.88. The van der Waals surface area contributed by atoms with Crippen molar-refractivity contribution in [3.8, 4) is 0 Å². The van der Waals surface area contributed by atoms with Gasteiger partial charge in [0.1, 0.15) is 0 Å². The summed E-state index contributed by atoms with van der Waals surface area (Å²) < 4.78 is 6.40. The molecule has 0 spiro atoms. The summed E-state index contributed by atoms with van der Waals surface area (Å²) in [6.07, 6.45) is 1.77. The Hall–Kier alpha value is -3.75. The van der Waals surface area contributed by atoms with E-state index in [0.29, 0.717) is 57.4 Å². The molecule has 0 bridgehead atoms. The maximum absolute atomic E-state index is 13.5. The van der Waals surface area contributed by atoms with Crippen LogP contribution in [0.2, 0.25) is 0 Å². The van der Waals surface area contributed by atoms with Crippen molar-refractivity contribution in [1.29, 1.82) is 0 Å². The van der Waals surface area contributed by atoms with Crippen molar-refractivity contribution in [2.45, 2.75) is 25.2 Å². The number of anilines is 1. The van der Waals surface area contributed by atoms with Crippen molar-refractivity contribution in [2.75, 3.05) is 44.7 Å². The number of aromatic nitrogens is 1. The number of morpholine rings is 1. The van der Waals surface area contributed by atoms with Crippen LogP contribution < -0.4 is 5.32 Å². The lowest BCUT2D eigenvalue weighted by Crippen LogP contribution is -2.41. The van der Waals surface area contributed by atoms with Gasteiger partial charge in [-0.15, -0.1) is 0 Å². The van der Waals surface area contributed by atoms with Gasteiger partial charge in [-0.05, 0) is 36.1 Å². The quantitative estimate of drug-likeness (QED) is 0.267. The smallest absolute Gasteiger partial charge is 0.323 e. The average molecular weight is 543 g/mol. The van der Waals surface area contributed by atoms with Gasteiger partial charge in [0.05, 0.1) is 23.4 Å². The van der Waals surface area contributed by atoms with E-state index < -0.39 is 0 Å². The molecule has 7 nitrogen and oxygen atoms in total. The Morgan fingerprint density at radius 1 is 0.897 bits per heavy atom. The minimum atomic E-state index is -0.187. The number of amides is 3. The van der Waals surface area contributed by atoms with Gasteiger partial charge in [0.25, 0.3) is 0 Å². The van der Waals surface area contributed by atoms with Crippen molar-refractivity contribution < 1.29 is 14.3 Å². The SMILES string of the molecule is O=C(CCCN(CCC(c1ccccc1)c1ccccc1)C(=O)Nc1nc2ccccc2s1)N1CCOCC1. The van der Waals surface area contributed by atoms with Gasteiger partial charge < -0.3 is 14.5 Å². The third-order valence-corrected chi connectivity index (χ3v) is 8.02. The third-order valence-electron chi connectivity index (χ3n) is 7.07. The van der Waals surface area contributed by atoms with Crippen LogP contribution in [0.25, 0.3) is 10.2 Å². The molecule has 0 unspecified atom stereocenters. The zero-order valence-corrected chi connectivity index (χ0v) is 22.8. The topological polar surface area (TPSA) is 74.8 Å². The zero-order valence-electron chi connectivity index (χ0n) is 22.0. The predicted molar refractivity (Wildman–Crippen MR) is 156 cm³/mol. The summed E-state index contributed by atoms with van der Waals surface area (Å²) in [7, 11) is 0. The molecule has 3 amide bonds. The first kappa shape index (κ1) is 26.8. The summed E-state index contributed by atoms with van der Waals surface area (Å²) in [5.74, 6) is 0.274. The van der Waals surface area contributed by atoms with Gasteiger partial charge in [-0.1, -0.05) is 84.1 Å². The van der Waals surface area contributed by atoms with E-state index in [1.807, 2.05) is 46.2 Å². The lowest BCUT2D eigenvalue weighted by Gasteiger charge is -2.28. The van der Waals surface area contributed by atoms with Crippen LogP contribution in [0.1, 0.15) is 36.3 Å². The van der Waals surface area contributed by atoms with Crippen molar-refractivity contribution in [3.05, 3.63) is 96.1 Å². The van der Waals surface area contributed by atoms with E-state index >= 15 is 0 Å². The molecule has 1 saturated heterocycles. The number of carbonyl (C=O) groups is 2. The second-order valence-electron chi connectivity index (χ2n) is 9.66. The molecule has 0 atom stereocenters. The fraction of sp³-hybridized carbons (Fsp3) is 0.323. The number of para-hydroxylation sites is 1. The number of hydrogen-bond acceptors (Lipinski definition) is 5. The molecule has 8 heteroatoms. The Morgan fingerprint density at radius 2 is 1.54 bits per heavy atom. The summed E-state index contributed by atoms with van der Waals surface area (Å²) in [6, 6.07) is 28.5. The van der Waals surface area contributed by atoms with E-state index in [-0.39, 0.29) is 17.9 Å². The highest BCUT2D eigenvalue weighted by atomic mass is 32.1. The zero-order chi connectivity index (χ0) is 26.9. The minimum absolute atomic E-state index is 0.122. The molecule has 3 aromatic carbocycles. The first-order valence-electron chi connectivity index (χ1n) is 13.5. The number of urea groups is 1. The summed E-state index contributed by atoms with van der Waals surface area (Å²) in [5.41, 5.74) is 3.31. The number of ether oxygens (including phenoxy) is 1. The van der Waals surface area contributed by atoms with Crippen LogP contribution in [-0.2, 0) is 9.53 Å². The maximum atomic E-state index is 13.5. The Labute approximate surface area is 233 Å². The first-order valence-corrected chi connectivity index (χ1v) is 14.4. The highest BCUT2D eigenvalue weighted by Gasteiger charge is 2.22. The van der Waals surface area contributed by atoms with Crippen LogP contribution >= 0.6 is 11.3 Å². The van der Waals surface area contributed by atoms with Gasteiger partial charge in [0.2, 0.25) is 5.91 Å². The Morgan fingerprint density at radius 3 is 2.21 bits per heavy atom. The number of rotatable bonds is 10. The summed E-state index contributed by atoms with van der Waals surface area (Å²) in [4.78, 5) is 34.5. The van der Waals surface area contributed by atoms with Crippen molar-refractivity contribution in [3.63, 3.8) is 0 Å². The number of benzene rings is 3. The molecule has 0 aliphatic carbocycles. The summed E-state index contributed by atoms with van der Waals surface area (Å²) in [6.45, 7) is 3.48. The van der Waals surface area contributed by atoms with Gasteiger partial charge in [-0.25, -0.2) is 9.78 Å². The standard InChI is InChI=1S/C31H34N4O3S/c36-29(34-20-22-38-23-21-34)16-9-18-35(31(37)33-30-32-27-14-7-8-15-28(27)39-30)19-17-26(24-10-3-1-4-11-24)25-12-5-2-6-13-25/h1-8,10-15,26H,9,16-23H2,(H,32,33,37). The highest BCUT2D eigenvalue weighted by Crippen LogP contribution is 2.29. The lowest BCUT2D eigenvalue weighted by molar-refractivity contribution is -0.135. The maximum Gasteiger partial charge on any atom is 0.323 e. The molecule has 2 heterocycles. The van der Waals surface area contributed by atoms with E-state index in [9.17, 15) is 9.59 Å². The number of hydrogen-bond donors (Lipinski definition) is 1. The van der Waals surface area contributed by atoms with Crippen molar-refractivity contribution >= 4 is 38.6 Å². The van der Waals surface area contributed by atoms with Gasteiger partial charge in [0.15, 0.2) is 5.13 Å². The third kappa shape index (κ3) is 7.22. The number of nitrogens with one attached hydrogen (secondary N) is 1. The number of carbonyl (C=O) groups excluding carboxylic acids is 2. The van der Waals surface area contributed by atoms with Crippen molar-refractivity contribution in [2.24, 2.45) is 0 Å². The molecule has 1 aliphatic rings. The number of fused-ring (bicyclic) bond motifs is 1. The van der Waals surface area contributed by atoms with Crippen LogP contribution in [0.4, 0.5) is 9.93 Å². The molecule has 1 aliphatic heterocycles. The van der Waals surface area contributed by atoms with E-state index in [1.165, 1.54) is 22.5 Å². The van der Waals surface area contributed by atoms with E-state index in [0.717, 1.165) is 16.6 Å². The molecular weight excluding hydrogens is 508 g/mol. The second kappa shape index (κ2) is 13.4.